The second kappa shape index (κ2) is 7.36. The Morgan fingerprint density at radius 2 is 1.83 bits per heavy atom. The van der Waals surface area contributed by atoms with Crippen molar-refractivity contribution in [3.8, 4) is 0 Å². The van der Waals surface area contributed by atoms with E-state index in [1.54, 1.807) is 13.0 Å². The SMILES string of the molecule is Cc1cccc(NC(=O)[C@H](C)NC(=O)c2cccc([N+](=O)[O-])c2)c1. The first-order valence-electron chi connectivity index (χ1n) is 7.29. The summed E-state index contributed by atoms with van der Waals surface area (Å²) in [7, 11) is 0. The lowest BCUT2D eigenvalue weighted by molar-refractivity contribution is -0.384. The Bertz CT molecular complexity index is 789. The van der Waals surface area contributed by atoms with Gasteiger partial charge in [-0.25, -0.2) is 0 Å². The number of hydrogen-bond donors (Lipinski definition) is 2. The molecule has 2 aromatic rings. The van der Waals surface area contributed by atoms with Gasteiger partial charge in [0.1, 0.15) is 6.04 Å². The van der Waals surface area contributed by atoms with Gasteiger partial charge < -0.3 is 10.6 Å². The van der Waals surface area contributed by atoms with E-state index in [2.05, 4.69) is 10.6 Å². The zero-order valence-corrected chi connectivity index (χ0v) is 13.3. The first-order valence-corrected chi connectivity index (χ1v) is 7.29. The molecule has 0 saturated heterocycles. The standard InChI is InChI=1S/C17H17N3O4/c1-11-5-3-7-14(9-11)19-16(21)12(2)18-17(22)13-6-4-8-15(10-13)20(23)24/h3-10,12H,1-2H3,(H,18,22)(H,19,21)/t12-/m0/s1. The predicted octanol–water partition coefficient (Wildman–Crippen LogP) is 2.66. The van der Waals surface area contributed by atoms with Crippen LogP contribution in [0, 0.1) is 17.0 Å². The number of nitro groups is 1. The molecular weight excluding hydrogens is 310 g/mol. The van der Waals surface area contributed by atoms with Crippen molar-refractivity contribution in [2.75, 3.05) is 5.32 Å². The molecule has 0 unspecified atom stereocenters. The molecular formula is C17H17N3O4. The summed E-state index contributed by atoms with van der Waals surface area (Å²) in [5, 5.41) is 16.0. The zero-order chi connectivity index (χ0) is 17.7. The van der Waals surface area contributed by atoms with Crippen LogP contribution in [0.5, 0.6) is 0 Å². The van der Waals surface area contributed by atoms with E-state index in [0.717, 1.165) is 5.56 Å². The second-order valence-corrected chi connectivity index (χ2v) is 5.36. The number of hydrogen-bond acceptors (Lipinski definition) is 4. The zero-order valence-electron chi connectivity index (χ0n) is 13.3. The quantitative estimate of drug-likeness (QED) is 0.651. The first-order chi connectivity index (χ1) is 11.4. The van der Waals surface area contributed by atoms with Crippen LogP contribution in [-0.4, -0.2) is 22.8 Å². The summed E-state index contributed by atoms with van der Waals surface area (Å²) in [6.45, 7) is 3.45. The maximum atomic E-state index is 12.1. The minimum Gasteiger partial charge on any atom is -0.341 e. The molecule has 2 amide bonds. The fourth-order valence-corrected chi connectivity index (χ4v) is 2.08. The molecule has 1 atom stereocenters. The molecule has 0 bridgehead atoms. The van der Waals surface area contributed by atoms with Gasteiger partial charge in [0.05, 0.1) is 4.92 Å². The Morgan fingerprint density at radius 1 is 1.12 bits per heavy atom. The Kier molecular flexibility index (Phi) is 5.26. The van der Waals surface area contributed by atoms with Crippen LogP contribution in [0.25, 0.3) is 0 Å². The van der Waals surface area contributed by atoms with Crippen molar-refractivity contribution >= 4 is 23.2 Å². The smallest absolute Gasteiger partial charge is 0.270 e. The number of nitrogens with zero attached hydrogens (tertiary/aromatic N) is 1. The van der Waals surface area contributed by atoms with E-state index in [1.807, 2.05) is 25.1 Å². The maximum absolute atomic E-state index is 12.1. The van der Waals surface area contributed by atoms with E-state index in [1.165, 1.54) is 24.3 Å². The molecule has 0 radical (unpaired) electrons. The summed E-state index contributed by atoms with van der Waals surface area (Å²) >= 11 is 0. The first kappa shape index (κ1) is 17.1. The van der Waals surface area contributed by atoms with Gasteiger partial charge in [-0.05, 0) is 37.6 Å². The number of aryl methyl sites for hydroxylation is 1. The van der Waals surface area contributed by atoms with E-state index >= 15 is 0 Å². The monoisotopic (exact) mass is 327 g/mol. The number of benzene rings is 2. The van der Waals surface area contributed by atoms with Gasteiger partial charge in [-0.15, -0.1) is 0 Å². The molecule has 7 heteroatoms. The van der Waals surface area contributed by atoms with E-state index < -0.39 is 16.9 Å². The Balaban J connectivity index is 2.01. The molecule has 0 aliphatic carbocycles. The number of anilines is 1. The van der Waals surface area contributed by atoms with Crippen molar-refractivity contribution in [1.82, 2.24) is 5.32 Å². The summed E-state index contributed by atoms with van der Waals surface area (Å²) in [5.41, 5.74) is 1.58. The van der Waals surface area contributed by atoms with Crippen LogP contribution < -0.4 is 10.6 Å². The Hall–Kier alpha value is -3.22. The van der Waals surface area contributed by atoms with Crippen molar-refractivity contribution in [1.29, 1.82) is 0 Å². The van der Waals surface area contributed by atoms with Gasteiger partial charge in [0.25, 0.3) is 11.6 Å². The van der Waals surface area contributed by atoms with Crippen molar-refractivity contribution in [2.45, 2.75) is 19.9 Å². The molecule has 0 spiro atoms. The summed E-state index contributed by atoms with van der Waals surface area (Å²) in [4.78, 5) is 34.4. The van der Waals surface area contributed by atoms with Crippen LogP contribution in [0.4, 0.5) is 11.4 Å². The van der Waals surface area contributed by atoms with Crippen LogP contribution in [0.15, 0.2) is 48.5 Å². The molecule has 24 heavy (non-hydrogen) atoms. The van der Waals surface area contributed by atoms with E-state index in [-0.39, 0.29) is 17.2 Å². The molecule has 0 saturated carbocycles. The van der Waals surface area contributed by atoms with Gasteiger partial charge >= 0.3 is 0 Å². The summed E-state index contributed by atoms with van der Waals surface area (Å²) in [6, 6.07) is 11.8. The highest BCUT2D eigenvalue weighted by molar-refractivity contribution is 6.01. The summed E-state index contributed by atoms with van der Waals surface area (Å²) in [5.74, 6) is -0.926. The van der Waals surface area contributed by atoms with Crippen LogP contribution in [0.3, 0.4) is 0 Å². The lowest BCUT2D eigenvalue weighted by atomic mass is 10.1. The molecule has 0 heterocycles. The average Bonchev–Trinajstić information content (AvgIpc) is 2.54. The number of carbonyl (C=O) groups is 2. The number of nitro benzene ring substituents is 1. The molecule has 0 fully saturated rings. The minimum atomic E-state index is -0.794. The lowest BCUT2D eigenvalue weighted by Gasteiger charge is -2.14. The van der Waals surface area contributed by atoms with Gasteiger partial charge in [0.2, 0.25) is 5.91 Å². The third-order valence-corrected chi connectivity index (χ3v) is 3.35. The number of nitrogens with one attached hydrogen (secondary N) is 2. The van der Waals surface area contributed by atoms with E-state index in [4.69, 9.17) is 0 Å². The Morgan fingerprint density at radius 3 is 2.50 bits per heavy atom. The molecule has 0 aromatic heterocycles. The van der Waals surface area contributed by atoms with Crippen LogP contribution in [-0.2, 0) is 4.79 Å². The molecule has 0 aliphatic rings. The van der Waals surface area contributed by atoms with Gasteiger partial charge in [-0.2, -0.15) is 0 Å². The van der Waals surface area contributed by atoms with Gasteiger partial charge in [0.15, 0.2) is 0 Å². The van der Waals surface area contributed by atoms with Crippen molar-refractivity contribution in [3.05, 3.63) is 69.8 Å². The third kappa shape index (κ3) is 4.39. The van der Waals surface area contributed by atoms with Gasteiger partial charge in [-0.1, -0.05) is 18.2 Å². The molecule has 2 aromatic carbocycles. The van der Waals surface area contributed by atoms with Crippen molar-refractivity contribution in [2.24, 2.45) is 0 Å². The maximum Gasteiger partial charge on any atom is 0.270 e. The number of rotatable bonds is 5. The van der Waals surface area contributed by atoms with E-state index in [0.29, 0.717) is 5.69 Å². The largest absolute Gasteiger partial charge is 0.341 e. The van der Waals surface area contributed by atoms with E-state index in [9.17, 15) is 19.7 Å². The highest BCUT2D eigenvalue weighted by Gasteiger charge is 2.18. The molecule has 124 valence electrons. The topological polar surface area (TPSA) is 101 Å². The molecule has 2 N–H and O–H groups in total. The minimum absolute atomic E-state index is 0.124. The molecule has 7 nitrogen and oxygen atoms in total. The highest BCUT2D eigenvalue weighted by atomic mass is 16.6. The average molecular weight is 327 g/mol. The highest BCUT2D eigenvalue weighted by Crippen LogP contribution is 2.13. The van der Waals surface area contributed by atoms with Crippen LogP contribution in [0.2, 0.25) is 0 Å². The molecule has 2 rings (SSSR count). The van der Waals surface area contributed by atoms with Crippen molar-refractivity contribution < 1.29 is 14.5 Å². The van der Waals surface area contributed by atoms with Crippen LogP contribution in [0.1, 0.15) is 22.8 Å². The number of non-ortho nitro benzene ring substituents is 1. The third-order valence-electron chi connectivity index (χ3n) is 3.35. The fourth-order valence-electron chi connectivity index (χ4n) is 2.08. The Labute approximate surface area is 138 Å². The summed E-state index contributed by atoms with van der Waals surface area (Å²) < 4.78 is 0. The number of amides is 2. The summed E-state index contributed by atoms with van der Waals surface area (Å²) in [6.07, 6.45) is 0. The predicted molar refractivity (Wildman–Crippen MR) is 89.8 cm³/mol. The van der Waals surface area contributed by atoms with Crippen molar-refractivity contribution in [3.63, 3.8) is 0 Å². The lowest BCUT2D eigenvalue weighted by Crippen LogP contribution is -2.41. The number of carbonyl (C=O) groups excluding carboxylic acids is 2. The second-order valence-electron chi connectivity index (χ2n) is 5.36. The van der Waals surface area contributed by atoms with Gasteiger partial charge in [-0.3, -0.25) is 19.7 Å². The van der Waals surface area contributed by atoms with Gasteiger partial charge in [0, 0.05) is 23.4 Å². The van der Waals surface area contributed by atoms with Crippen LogP contribution >= 0.6 is 0 Å². The fraction of sp³-hybridized carbons (Fsp3) is 0.176. The molecule has 0 aliphatic heterocycles. The normalized spacial score (nSPS) is 11.4.